The molecule has 25 heavy (non-hydrogen) atoms. The van der Waals surface area contributed by atoms with E-state index in [1.807, 2.05) is 60.7 Å². The lowest BCUT2D eigenvalue weighted by Crippen LogP contribution is -1.86. The van der Waals surface area contributed by atoms with Crippen molar-refractivity contribution < 1.29 is 4.92 Å². The number of nitro groups is 1. The number of rotatable bonds is 4. The maximum Gasteiger partial charge on any atom is 0.269 e. The van der Waals surface area contributed by atoms with Crippen LogP contribution in [0.5, 0.6) is 0 Å². The molecule has 3 aromatic rings. The molecule has 3 aromatic carbocycles. The van der Waals surface area contributed by atoms with E-state index in [0.717, 1.165) is 22.3 Å². The van der Waals surface area contributed by atoms with Crippen LogP contribution in [0.3, 0.4) is 0 Å². The second kappa shape index (κ2) is 7.76. The lowest BCUT2D eigenvalue weighted by atomic mass is 9.99. The first-order valence-electron chi connectivity index (χ1n) is 7.81. The fourth-order valence-corrected chi connectivity index (χ4v) is 2.40. The van der Waals surface area contributed by atoms with Gasteiger partial charge < -0.3 is 0 Å². The molecule has 0 amide bonds. The van der Waals surface area contributed by atoms with Crippen LogP contribution in [0, 0.1) is 10.1 Å². The highest BCUT2D eigenvalue weighted by Gasteiger charge is 2.03. The molecular weight excluding hydrogens is 310 g/mol. The fourth-order valence-electron chi connectivity index (χ4n) is 2.40. The van der Waals surface area contributed by atoms with Crippen molar-refractivity contribution in [1.82, 2.24) is 0 Å². The summed E-state index contributed by atoms with van der Waals surface area (Å²) in [6.45, 7) is 0. The Bertz CT molecular complexity index is 920. The third-order valence-corrected chi connectivity index (χ3v) is 3.66. The van der Waals surface area contributed by atoms with Crippen molar-refractivity contribution in [3.63, 3.8) is 0 Å². The Kier molecular flexibility index (Phi) is 5.04. The van der Waals surface area contributed by atoms with Crippen LogP contribution in [-0.2, 0) is 0 Å². The van der Waals surface area contributed by atoms with Crippen LogP contribution in [0.2, 0.25) is 0 Å². The standard InChI is InChI=1S/C22H15NO2/c24-23(25)21-16-14-18(15-17-21)8-7-13-22(19-9-3-1-4-10-19)20-11-5-2-6-12-20/h1-6,8-12,14-17H. The second-order valence-electron chi connectivity index (χ2n) is 5.37. The Balaban J connectivity index is 2.03. The Morgan fingerprint density at radius 1 is 0.800 bits per heavy atom. The maximum atomic E-state index is 10.7. The van der Waals surface area contributed by atoms with Gasteiger partial charge in [0.05, 0.1) is 4.92 Å². The molecule has 0 unspecified atom stereocenters. The van der Waals surface area contributed by atoms with Gasteiger partial charge in [-0.15, -0.1) is 0 Å². The molecule has 120 valence electrons. The minimum absolute atomic E-state index is 0.0749. The zero-order chi connectivity index (χ0) is 17.5. The molecule has 0 heterocycles. The summed E-state index contributed by atoms with van der Waals surface area (Å²) in [5.41, 5.74) is 10.2. The molecule has 0 aromatic heterocycles. The minimum atomic E-state index is -0.411. The minimum Gasteiger partial charge on any atom is -0.258 e. The monoisotopic (exact) mass is 325 g/mol. The highest BCUT2D eigenvalue weighted by molar-refractivity contribution is 5.79. The lowest BCUT2D eigenvalue weighted by molar-refractivity contribution is -0.384. The van der Waals surface area contributed by atoms with Crippen LogP contribution in [0.1, 0.15) is 16.7 Å². The van der Waals surface area contributed by atoms with Crippen molar-refractivity contribution >= 4 is 17.3 Å². The second-order valence-corrected chi connectivity index (χ2v) is 5.37. The van der Waals surface area contributed by atoms with Crippen molar-refractivity contribution in [2.45, 2.75) is 0 Å². The van der Waals surface area contributed by atoms with Gasteiger partial charge in [0.15, 0.2) is 0 Å². The van der Waals surface area contributed by atoms with Crippen LogP contribution in [-0.4, -0.2) is 4.92 Å². The highest BCUT2D eigenvalue weighted by Crippen LogP contribution is 2.21. The van der Waals surface area contributed by atoms with Gasteiger partial charge in [0.25, 0.3) is 5.69 Å². The van der Waals surface area contributed by atoms with Gasteiger partial charge in [0.1, 0.15) is 0 Å². The first-order valence-corrected chi connectivity index (χ1v) is 7.81. The van der Waals surface area contributed by atoms with Gasteiger partial charge in [-0.2, -0.15) is 0 Å². The third kappa shape index (κ3) is 4.21. The molecule has 0 N–H and O–H groups in total. The quantitative estimate of drug-likeness (QED) is 0.361. The van der Waals surface area contributed by atoms with Crippen molar-refractivity contribution in [2.75, 3.05) is 0 Å². The van der Waals surface area contributed by atoms with E-state index in [4.69, 9.17) is 0 Å². The molecule has 0 spiro atoms. The van der Waals surface area contributed by atoms with Crippen LogP contribution in [0.25, 0.3) is 11.6 Å². The zero-order valence-corrected chi connectivity index (χ0v) is 13.4. The molecule has 0 saturated heterocycles. The smallest absolute Gasteiger partial charge is 0.258 e. The summed E-state index contributed by atoms with van der Waals surface area (Å²) < 4.78 is 0. The van der Waals surface area contributed by atoms with E-state index in [9.17, 15) is 10.1 Å². The molecule has 3 heteroatoms. The number of nitrogens with zero attached hydrogens (tertiary/aromatic N) is 1. The predicted molar refractivity (Wildman–Crippen MR) is 100.0 cm³/mol. The van der Waals surface area contributed by atoms with Crippen LogP contribution >= 0.6 is 0 Å². The van der Waals surface area contributed by atoms with Gasteiger partial charge in [0.2, 0.25) is 0 Å². The third-order valence-electron chi connectivity index (χ3n) is 3.66. The van der Waals surface area contributed by atoms with E-state index in [0.29, 0.717) is 0 Å². The number of hydrogen-bond donors (Lipinski definition) is 0. The summed E-state index contributed by atoms with van der Waals surface area (Å²) in [5, 5.41) is 10.7. The maximum absolute atomic E-state index is 10.7. The van der Waals surface area contributed by atoms with E-state index in [-0.39, 0.29) is 5.69 Å². The Morgan fingerprint density at radius 2 is 1.32 bits per heavy atom. The summed E-state index contributed by atoms with van der Waals surface area (Å²) in [4.78, 5) is 10.3. The number of hydrogen-bond acceptors (Lipinski definition) is 2. The Morgan fingerprint density at radius 3 is 1.80 bits per heavy atom. The molecule has 0 fully saturated rings. The topological polar surface area (TPSA) is 43.1 Å². The molecule has 0 saturated carbocycles. The summed E-state index contributed by atoms with van der Waals surface area (Å²) in [6.07, 6.45) is 1.76. The van der Waals surface area contributed by atoms with E-state index < -0.39 is 4.92 Å². The van der Waals surface area contributed by atoms with Crippen LogP contribution in [0.15, 0.2) is 96.4 Å². The zero-order valence-electron chi connectivity index (χ0n) is 13.4. The Labute approximate surface area is 146 Å². The molecule has 3 rings (SSSR count). The predicted octanol–water partition coefficient (Wildman–Crippen LogP) is 5.49. The summed E-state index contributed by atoms with van der Waals surface area (Å²) in [6, 6.07) is 26.4. The molecule has 3 nitrogen and oxygen atoms in total. The van der Waals surface area contributed by atoms with Gasteiger partial charge in [-0.05, 0) is 34.9 Å². The molecule has 0 radical (unpaired) electrons. The lowest BCUT2D eigenvalue weighted by Gasteiger charge is -2.04. The number of benzene rings is 3. The van der Waals surface area contributed by atoms with Gasteiger partial charge in [-0.1, -0.05) is 72.1 Å². The molecule has 0 atom stereocenters. The van der Waals surface area contributed by atoms with E-state index in [1.165, 1.54) is 12.1 Å². The van der Waals surface area contributed by atoms with Crippen LogP contribution in [0.4, 0.5) is 5.69 Å². The van der Waals surface area contributed by atoms with Crippen molar-refractivity contribution in [1.29, 1.82) is 0 Å². The van der Waals surface area contributed by atoms with E-state index >= 15 is 0 Å². The van der Waals surface area contributed by atoms with Crippen molar-refractivity contribution in [3.05, 3.63) is 123 Å². The summed E-state index contributed by atoms with van der Waals surface area (Å²) in [7, 11) is 0. The molecule has 0 aliphatic carbocycles. The summed E-state index contributed by atoms with van der Waals surface area (Å²) in [5.74, 6) is 0. The average molecular weight is 325 g/mol. The van der Waals surface area contributed by atoms with Gasteiger partial charge in [-0.25, -0.2) is 0 Å². The molecule has 0 aliphatic heterocycles. The first kappa shape index (κ1) is 16.2. The normalized spacial score (nSPS) is 9.60. The first-order chi connectivity index (χ1) is 12.2. The number of nitro benzene ring substituents is 1. The highest BCUT2D eigenvalue weighted by atomic mass is 16.6. The van der Waals surface area contributed by atoms with Crippen LogP contribution < -0.4 is 0 Å². The van der Waals surface area contributed by atoms with Gasteiger partial charge >= 0.3 is 0 Å². The SMILES string of the molecule is O=[N+]([O-])c1ccc(C=C=C=C(c2ccccc2)c2ccccc2)cc1. The van der Waals surface area contributed by atoms with Crippen molar-refractivity contribution in [3.8, 4) is 0 Å². The largest absolute Gasteiger partial charge is 0.269 e. The Hall–Kier alpha value is -3.64. The summed E-state index contributed by atoms with van der Waals surface area (Å²) >= 11 is 0. The fraction of sp³-hybridized carbons (Fsp3) is 0. The molecule has 0 aliphatic rings. The number of non-ortho nitro benzene ring substituents is 1. The molecular formula is C22H15NO2. The van der Waals surface area contributed by atoms with E-state index in [1.54, 1.807) is 18.2 Å². The average Bonchev–Trinajstić information content (AvgIpc) is 2.67. The van der Waals surface area contributed by atoms with Gasteiger partial charge in [-0.3, -0.25) is 10.1 Å². The van der Waals surface area contributed by atoms with E-state index in [2.05, 4.69) is 11.5 Å². The molecule has 0 bridgehead atoms. The van der Waals surface area contributed by atoms with Gasteiger partial charge in [0, 0.05) is 17.7 Å². The van der Waals surface area contributed by atoms with Crippen molar-refractivity contribution in [2.24, 2.45) is 0 Å².